The third kappa shape index (κ3) is 4.58. The Labute approximate surface area is 155 Å². The van der Waals surface area contributed by atoms with Gasteiger partial charge in [-0.05, 0) is 44.2 Å². The molecule has 0 unspecified atom stereocenters. The van der Waals surface area contributed by atoms with Crippen LogP contribution < -0.4 is 4.74 Å². The van der Waals surface area contributed by atoms with Crippen LogP contribution in [0.15, 0.2) is 36.4 Å². The lowest BCUT2D eigenvalue weighted by Crippen LogP contribution is -2.14. The van der Waals surface area contributed by atoms with Gasteiger partial charge in [-0.15, -0.1) is 0 Å². The smallest absolute Gasteiger partial charge is 0.343 e. The number of aryl methyl sites for hydroxylation is 1. The maximum Gasteiger partial charge on any atom is 0.343 e. The van der Waals surface area contributed by atoms with Crippen molar-refractivity contribution in [2.75, 3.05) is 14.2 Å². The van der Waals surface area contributed by atoms with Crippen LogP contribution in [-0.2, 0) is 9.47 Å². The largest absolute Gasteiger partial charge is 0.465 e. The molecule has 0 saturated carbocycles. The summed E-state index contributed by atoms with van der Waals surface area (Å²) in [6.07, 6.45) is 0. The Hall–Kier alpha value is -3.48. The molecule has 2 aromatic rings. The van der Waals surface area contributed by atoms with Crippen LogP contribution >= 0.6 is 0 Å². The molecular formula is C20H18O7. The highest BCUT2D eigenvalue weighted by Crippen LogP contribution is 2.23. The van der Waals surface area contributed by atoms with Crippen molar-refractivity contribution >= 4 is 23.7 Å². The van der Waals surface area contributed by atoms with Gasteiger partial charge in [0.05, 0.1) is 36.5 Å². The van der Waals surface area contributed by atoms with E-state index in [1.807, 2.05) is 0 Å². The molecule has 0 aliphatic heterocycles. The molecule has 0 radical (unpaired) electrons. The molecule has 7 nitrogen and oxygen atoms in total. The van der Waals surface area contributed by atoms with Crippen LogP contribution in [0.2, 0.25) is 0 Å². The third-order valence-corrected chi connectivity index (χ3v) is 3.73. The number of carbonyl (C=O) groups excluding carboxylic acids is 4. The van der Waals surface area contributed by atoms with E-state index in [0.717, 1.165) is 5.56 Å². The molecule has 0 aromatic heterocycles. The van der Waals surface area contributed by atoms with E-state index in [0.29, 0.717) is 0 Å². The minimum Gasteiger partial charge on any atom is -0.465 e. The van der Waals surface area contributed by atoms with Crippen molar-refractivity contribution in [1.82, 2.24) is 0 Å². The summed E-state index contributed by atoms with van der Waals surface area (Å²) in [5, 5.41) is 0. The van der Waals surface area contributed by atoms with E-state index in [-0.39, 0.29) is 33.8 Å². The first-order valence-corrected chi connectivity index (χ1v) is 7.92. The molecule has 2 aromatic carbocycles. The molecule has 0 fully saturated rings. The van der Waals surface area contributed by atoms with Gasteiger partial charge in [0.15, 0.2) is 5.78 Å². The Morgan fingerprint density at radius 3 is 1.67 bits per heavy atom. The molecular weight excluding hydrogens is 352 g/mol. The summed E-state index contributed by atoms with van der Waals surface area (Å²) in [6.45, 7) is 3.17. The van der Waals surface area contributed by atoms with Gasteiger partial charge < -0.3 is 14.2 Å². The Balaban J connectivity index is 2.45. The Bertz CT molecular complexity index is 894. The summed E-state index contributed by atoms with van der Waals surface area (Å²) in [5.41, 5.74) is 1.00. The maximum atomic E-state index is 12.6. The lowest BCUT2D eigenvalue weighted by molar-refractivity contribution is 0.0599. The van der Waals surface area contributed by atoms with E-state index >= 15 is 0 Å². The van der Waals surface area contributed by atoms with Gasteiger partial charge in [-0.25, -0.2) is 14.4 Å². The minimum atomic E-state index is -0.836. The van der Waals surface area contributed by atoms with Gasteiger partial charge in [0.2, 0.25) is 0 Å². The van der Waals surface area contributed by atoms with Crippen molar-refractivity contribution in [3.05, 3.63) is 64.2 Å². The fraction of sp³-hybridized carbons (Fsp3) is 0.200. The lowest BCUT2D eigenvalue weighted by Gasteiger charge is -2.11. The van der Waals surface area contributed by atoms with Gasteiger partial charge in [0, 0.05) is 0 Å². The average molecular weight is 370 g/mol. The fourth-order valence-electron chi connectivity index (χ4n) is 2.38. The molecule has 0 aliphatic carbocycles. The first-order valence-electron chi connectivity index (χ1n) is 7.92. The van der Waals surface area contributed by atoms with Crippen molar-refractivity contribution < 1.29 is 33.4 Å². The number of hydrogen-bond donors (Lipinski definition) is 0. The van der Waals surface area contributed by atoms with Crippen LogP contribution in [0.5, 0.6) is 5.75 Å². The van der Waals surface area contributed by atoms with E-state index in [1.165, 1.54) is 45.4 Å². The monoisotopic (exact) mass is 370 g/mol. The Kier molecular flexibility index (Phi) is 6.07. The molecule has 7 heteroatoms. The van der Waals surface area contributed by atoms with Crippen LogP contribution in [0.25, 0.3) is 0 Å². The number of Topliss-reactive ketones (excluding diaryl/α,β-unsaturated/α-hetero) is 1. The van der Waals surface area contributed by atoms with Crippen molar-refractivity contribution in [2.24, 2.45) is 0 Å². The predicted octanol–water partition coefficient (Wildman–Crippen LogP) is 2.99. The number of hydrogen-bond acceptors (Lipinski definition) is 7. The van der Waals surface area contributed by atoms with Crippen LogP contribution in [0.3, 0.4) is 0 Å². The minimum absolute atomic E-state index is 0.0111. The average Bonchev–Trinajstić information content (AvgIpc) is 2.67. The molecule has 0 aliphatic rings. The van der Waals surface area contributed by atoms with Crippen molar-refractivity contribution in [2.45, 2.75) is 13.8 Å². The summed E-state index contributed by atoms with van der Waals surface area (Å²) in [7, 11) is 2.35. The first-order chi connectivity index (χ1) is 12.8. The number of ether oxygens (including phenoxy) is 3. The molecule has 27 heavy (non-hydrogen) atoms. The molecule has 0 heterocycles. The SMILES string of the molecule is COC(=O)c1cc(C(=O)OC)cc(C(=O)Oc2ccc(C)cc2C(C)=O)c1. The van der Waals surface area contributed by atoms with Gasteiger partial charge in [0.1, 0.15) is 5.75 Å². The second kappa shape index (κ2) is 8.27. The predicted molar refractivity (Wildman–Crippen MR) is 95.3 cm³/mol. The molecule has 0 bridgehead atoms. The standard InChI is InChI=1S/C20H18O7/c1-11-5-6-17(16(7-11)12(2)21)27-20(24)15-9-13(18(22)25-3)8-14(10-15)19(23)26-4/h5-10H,1-4H3. The number of esters is 3. The van der Waals surface area contributed by atoms with Crippen molar-refractivity contribution in [3.8, 4) is 5.75 Å². The summed E-state index contributed by atoms with van der Waals surface area (Å²) >= 11 is 0. The van der Waals surface area contributed by atoms with Gasteiger partial charge in [-0.2, -0.15) is 0 Å². The molecule has 0 saturated heterocycles. The summed E-state index contributed by atoms with van der Waals surface area (Å²) in [4.78, 5) is 48.0. The molecule has 0 amide bonds. The van der Waals surface area contributed by atoms with Gasteiger partial charge in [-0.3, -0.25) is 4.79 Å². The molecule has 0 N–H and O–H groups in total. The number of methoxy groups -OCH3 is 2. The molecule has 0 atom stereocenters. The normalized spacial score (nSPS) is 10.1. The fourth-order valence-corrected chi connectivity index (χ4v) is 2.38. The highest BCUT2D eigenvalue weighted by Gasteiger charge is 2.20. The van der Waals surface area contributed by atoms with E-state index in [9.17, 15) is 19.2 Å². The van der Waals surface area contributed by atoms with Gasteiger partial charge in [0.25, 0.3) is 0 Å². The summed E-state index contributed by atoms with van der Waals surface area (Å²) in [5.74, 6) is -2.47. The Morgan fingerprint density at radius 1 is 0.741 bits per heavy atom. The summed E-state index contributed by atoms with van der Waals surface area (Å²) < 4.78 is 14.6. The number of carbonyl (C=O) groups is 4. The second-order valence-corrected chi connectivity index (χ2v) is 5.73. The topological polar surface area (TPSA) is 96.0 Å². The third-order valence-electron chi connectivity index (χ3n) is 3.73. The molecule has 2 rings (SSSR count). The summed E-state index contributed by atoms with van der Waals surface area (Å²) in [6, 6.07) is 8.54. The Morgan fingerprint density at radius 2 is 1.22 bits per heavy atom. The van der Waals surface area contributed by atoms with Gasteiger partial charge >= 0.3 is 17.9 Å². The zero-order valence-corrected chi connectivity index (χ0v) is 15.3. The number of benzene rings is 2. The van der Waals surface area contributed by atoms with Crippen LogP contribution in [-0.4, -0.2) is 37.9 Å². The second-order valence-electron chi connectivity index (χ2n) is 5.73. The van der Waals surface area contributed by atoms with Crippen LogP contribution in [0, 0.1) is 6.92 Å². The number of ketones is 1. The van der Waals surface area contributed by atoms with E-state index in [1.54, 1.807) is 19.1 Å². The quantitative estimate of drug-likeness (QED) is 0.453. The van der Waals surface area contributed by atoms with E-state index in [4.69, 9.17) is 4.74 Å². The lowest BCUT2D eigenvalue weighted by atomic mass is 10.0. The molecule has 140 valence electrons. The van der Waals surface area contributed by atoms with Gasteiger partial charge in [-0.1, -0.05) is 11.6 Å². The zero-order chi connectivity index (χ0) is 20.1. The van der Waals surface area contributed by atoms with Crippen molar-refractivity contribution in [1.29, 1.82) is 0 Å². The maximum absolute atomic E-state index is 12.6. The van der Waals surface area contributed by atoms with Crippen LogP contribution in [0.1, 0.15) is 53.9 Å². The highest BCUT2D eigenvalue weighted by atomic mass is 16.5. The highest BCUT2D eigenvalue weighted by molar-refractivity contribution is 6.02. The zero-order valence-electron chi connectivity index (χ0n) is 15.3. The molecule has 0 spiro atoms. The first kappa shape index (κ1) is 19.8. The van der Waals surface area contributed by atoms with E-state index < -0.39 is 17.9 Å². The van der Waals surface area contributed by atoms with E-state index in [2.05, 4.69) is 9.47 Å². The van der Waals surface area contributed by atoms with Crippen LogP contribution in [0.4, 0.5) is 0 Å². The van der Waals surface area contributed by atoms with Crippen molar-refractivity contribution in [3.63, 3.8) is 0 Å². The number of rotatable bonds is 5.